The molecule has 1 atom stereocenters. The second kappa shape index (κ2) is 9.45. The topological polar surface area (TPSA) is 21.3 Å². The van der Waals surface area contributed by atoms with Crippen molar-refractivity contribution in [3.05, 3.63) is 34.9 Å². The molecule has 1 aliphatic rings. The van der Waals surface area contributed by atoms with Crippen LogP contribution in [-0.4, -0.2) is 19.2 Å². The Labute approximate surface area is 134 Å². The molecule has 118 valence electrons. The normalized spacial score (nSPS) is 16.1. The lowest BCUT2D eigenvalue weighted by molar-refractivity contribution is 0.0496. The molecule has 0 aromatic heterocycles. The molecule has 0 amide bonds. The fourth-order valence-electron chi connectivity index (χ4n) is 2.49. The molecule has 1 aromatic carbocycles. The van der Waals surface area contributed by atoms with Crippen LogP contribution in [0.1, 0.15) is 63.5 Å². The molecule has 1 fully saturated rings. The largest absolute Gasteiger partial charge is 0.372 e. The highest BCUT2D eigenvalue weighted by Gasteiger charge is 2.23. The van der Waals surface area contributed by atoms with E-state index in [0.717, 1.165) is 30.2 Å². The lowest BCUT2D eigenvalue weighted by Crippen LogP contribution is -2.25. The van der Waals surface area contributed by atoms with Crippen LogP contribution in [0.5, 0.6) is 0 Å². The van der Waals surface area contributed by atoms with Gasteiger partial charge in [0.1, 0.15) is 0 Å². The van der Waals surface area contributed by atoms with E-state index in [2.05, 4.69) is 18.3 Å². The number of nitrogens with one attached hydrogen (secondary N) is 1. The highest BCUT2D eigenvalue weighted by atomic mass is 35.5. The second-order valence-electron chi connectivity index (χ2n) is 5.98. The maximum Gasteiger partial charge on any atom is 0.0963 e. The minimum Gasteiger partial charge on any atom is -0.372 e. The van der Waals surface area contributed by atoms with Crippen molar-refractivity contribution >= 4 is 11.6 Å². The van der Waals surface area contributed by atoms with E-state index in [9.17, 15) is 0 Å². The number of hydrogen-bond acceptors (Lipinski definition) is 2. The summed E-state index contributed by atoms with van der Waals surface area (Å²) < 4.78 is 6.12. The van der Waals surface area contributed by atoms with Gasteiger partial charge in [0, 0.05) is 29.8 Å². The van der Waals surface area contributed by atoms with Crippen LogP contribution in [0.4, 0.5) is 0 Å². The summed E-state index contributed by atoms with van der Waals surface area (Å²) in [7, 11) is 0. The minimum atomic E-state index is 0.0745. The summed E-state index contributed by atoms with van der Waals surface area (Å²) in [6.45, 7) is 3.93. The van der Waals surface area contributed by atoms with Crippen molar-refractivity contribution in [1.82, 2.24) is 5.32 Å². The molecule has 0 spiro atoms. The second-order valence-corrected chi connectivity index (χ2v) is 6.38. The molecule has 3 heteroatoms. The number of unbranched alkanes of at least 4 members (excludes halogenated alkanes) is 4. The smallest absolute Gasteiger partial charge is 0.0963 e. The Hall–Kier alpha value is -0.570. The first-order valence-corrected chi connectivity index (χ1v) is 8.78. The SMILES string of the molecule is CCCCCCCOC(CNC1CC1)c1ccccc1Cl. The van der Waals surface area contributed by atoms with Crippen LogP contribution >= 0.6 is 11.6 Å². The van der Waals surface area contributed by atoms with Crippen molar-refractivity contribution in [2.75, 3.05) is 13.2 Å². The van der Waals surface area contributed by atoms with Gasteiger partial charge in [-0.2, -0.15) is 0 Å². The molecule has 1 unspecified atom stereocenters. The van der Waals surface area contributed by atoms with Gasteiger partial charge >= 0.3 is 0 Å². The van der Waals surface area contributed by atoms with E-state index in [0.29, 0.717) is 6.04 Å². The van der Waals surface area contributed by atoms with E-state index in [1.807, 2.05) is 18.2 Å². The number of hydrogen-bond donors (Lipinski definition) is 1. The summed E-state index contributed by atoms with van der Waals surface area (Å²) in [5, 5.41) is 4.37. The Morgan fingerprint density at radius 2 is 1.95 bits per heavy atom. The maximum absolute atomic E-state index is 6.32. The van der Waals surface area contributed by atoms with Gasteiger partial charge in [-0.1, -0.05) is 62.4 Å². The number of ether oxygens (including phenoxy) is 1. The molecular weight excluding hydrogens is 282 g/mol. The van der Waals surface area contributed by atoms with Crippen molar-refractivity contribution in [3.8, 4) is 0 Å². The number of benzene rings is 1. The summed E-state index contributed by atoms with van der Waals surface area (Å²) in [6.07, 6.45) is 9.01. The molecule has 0 aliphatic heterocycles. The fourth-order valence-corrected chi connectivity index (χ4v) is 2.74. The Kier molecular flexibility index (Phi) is 7.56. The highest BCUT2D eigenvalue weighted by molar-refractivity contribution is 6.31. The van der Waals surface area contributed by atoms with Gasteiger partial charge in [0.15, 0.2) is 0 Å². The predicted octanol–water partition coefficient (Wildman–Crippen LogP) is 5.12. The standard InChI is InChI=1S/C18H28ClNO/c1-2-3-4-5-8-13-21-18(14-20-15-11-12-15)16-9-6-7-10-17(16)19/h6-7,9-10,15,18,20H,2-5,8,11-14H2,1H3. The summed E-state index contributed by atoms with van der Waals surface area (Å²) in [5.74, 6) is 0. The van der Waals surface area contributed by atoms with Crippen LogP contribution in [-0.2, 0) is 4.74 Å². The van der Waals surface area contributed by atoms with Gasteiger partial charge in [0.25, 0.3) is 0 Å². The molecule has 2 rings (SSSR count). The Morgan fingerprint density at radius 3 is 2.67 bits per heavy atom. The molecule has 1 aliphatic carbocycles. The molecule has 2 nitrogen and oxygen atoms in total. The van der Waals surface area contributed by atoms with Crippen LogP contribution in [0.2, 0.25) is 5.02 Å². The molecular formula is C18H28ClNO. The van der Waals surface area contributed by atoms with E-state index in [1.165, 1.54) is 38.5 Å². The van der Waals surface area contributed by atoms with E-state index >= 15 is 0 Å². The molecule has 1 saturated carbocycles. The average molecular weight is 310 g/mol. The quantitative estimate of drug-likeness (QED) is 0.573. The molecule has 0 radical (unpaired) electrons. The molecule has 21 heavy (non-hydrogen) atoms. The predicted molar refractivity (Wildman–Crippen MR) is 89.9 cm³/mol. The first-order valence-electron chi connectivity index (χ1n) is 8.40. The van der Waals surface area contributed by atoms with E-state index in [1.54, 1.807) is 0 Å². The lowest BCUT2D eigenvalue weighted by Gasteiger charge is -2.20. The third-order valence-corrected chi connectivity index (χ3v) is 4.33. The van der Waals surface area contributed by atoms with Crippen molar-refractivity contribution in [2.45, 2.75) is 64.0 Å². The number of rotatable bonds is 11. The highest BCUT2D eigenvalue weighted by Crippen LogP contribution is 2.27. The Morgan fingerprint density at radius 1 is 1.19 bits per heavy atom. The van der Waals surface area contributed by atoms with Gasteiger partial charge in [-0.25, -0.2) is 0 Å². The zero-order valence-corrected chi connectivity index (χ0v) is 13.9. The summed E-state index contributed by atoms with van der Waals surface area (Å²) in [6, 6.07) is 8.74. The average Bonchev–Trinajstić information content (AvgIpc) is 3.31. The zero-order chi connectivity index (χ0) is 14.9. The van der Waals surface area contributed by atoms with Gasteiger partial charge in [-0.15, -0.1) is 0 Å². The van der Waals surface area contributed by atoms with Crippen molar-refractivity contribution in [2.24, 2.45) is 0 Å². The van der Waals surface area contributed by atoms with Crippen LogP contribution < -0.4 is 5.32 Å². The summed E-state index contributed by atoms with van der Waals surface area (Å²) in [4.78, 5) is 0. The summed E-state index contributed by atoms with van der Waals surface area (Å²) in [5.41, 5.74) is 1.11. The first-order chi connectivity index (χ1) is 10.3. The van der Waals surface area contributed by atoms with Crippen molar-refractivity contribution in [3.63, 3.8) is 0 Å². The lowest BCUT2D eigenvalue weighted by atomic mass is 10.1. The molecule has 0 saturated heterocycles. The van der Waals surface area contributed by atoms with Gasteiger partial charge in [0.2, 0.25) is 0 Å². The van der Waals surface area contributed by atoms with E-state index in [-0.39, 0.29) is 6.10 Å². The van der Waals surface area contributed by atoms with Gasteiger partial charge in [-0.05, 0) is 25.3 Å². The summed E-state index contributed by atoms with van der Waals surface area (Å²) >= 11 is 6.32. The Balaban J connectivity index is 1.79. The van der Waals surface area contributed by atoms with Crippen LogP contribution in [0, 0.1) is 0 Å². The monoisotopic (exact) mass is 309 g/mol. The minimum absolute atomic E-state index is 0.0745. The van der Waals surface area contributed by atoms with Crippen LogP contribution in [0.3, 0.4) is 0 Å². The van der Waals surface area contributed by atoms with Gasteiger partial charge in [-0.3, -0.25) is 0 Å². The first kappa shape index (κ1) is 16.8. The maximum atomic E-state index is 6.32. The van der Waals surface area contributed by atoms with E-state index < -0.39 is 0 Å². The van der Waals surface area contributed by atoms with Crippen LogP contribution in [0.15, 0.2) is 24.3 Å². The Bertz CT molecular complexity index is 406. The molecule has 1 N–H and O–H groups in total. The van der Waals surface area contributed by atoms with E-state index in [4.69, 9.17) is 16.3 Å². The van der Waals surface area contributed by atoms with Crippen LogP contribution in [0.25, 0.3) is 0 Å². The molecule has 0 heterocycles. The third kappa shape index (κ3) is 6.37. The molecule has 0 bridgehead atoms. The molecule has 1 aromatic rings. The number of halogens is 1. The van der Waals surface area contributed by atoms with Gasteiger partial charge < -0.3 is 10.1 Å². The third-order valence-electron chi connectivity index (χ3n) is 3.99. The van der Waals surface area contributed by atoms with Gasteiger partial charge in [0.05, 0.1) is 6.10 Å². The fraction of sp³-hybridized carbons (Fsp3) is 0.667. The van der Waals surface area contributed by atoms with Crippen molar-refractivity contribution in [1.29, 1.82) is 0 Å². The zero-order valence-electron chi connectivity index (χ0n) is 13.1. The van der Waals surface area contributed by atoms with Crippen molar-refractivity contribution < 1.29 is 4.74 Å².